The second-order valence-electron chi connectivity index (χ2n) is 2.10. The Morgan fingerprint density at radius 2 is 2.00 bits per heavy atom. The van der Waals surface area contributed by atoms with Crippen LogP contribution in [0.15, 0.2) is 24.3 Å². The van der Waals surface area contributed by atoms with Crippen molar-refractivity contribution in [3.05, 3.63) is 39.9 Å². The molecule has 0 aromatic heterocycles. The van der Waals surface area contributed by atoms with Gasteiger partial charge in [-0.3, -0.25) is 20.6 Å². The van der Waals surface area contributed by atoms with Crippen LogP contribution < -0.4 is 5.73 Å². The molecule has 0 aliphatic carbocycles. The monoisotopic (exact) mass is 165 g/mol. The van der Waals surface area contributed by atoms with Gasteiger partial charge in [0, 0.05) is 6.07 Å². The van der Waals surface area contributed by atoms with Crippen LogP contribution >= 0.6 is 0 Å². The number of hydrogen-bond donors (Lipinski definition) is 0. The Morgan fingerprint density at radius 3 is 2.42 bits per heavy atom. The Bertz CT molecular complexity index is 302. The predicted molar refractivity (Wildman–Crippen MR) is 40.5 cm³/mol. The van der Waals surface area contributed by atoms with Gasteiger partial charge in [-0.05, 0) is 6.07 Å². The smallest absolute Gasteiger partial charge is 0.267 e. The van der Waals surface area contributed by atoms with Crippen LogP contribution in [0.4, 0.5) is 5.69 Å². The van der Waals surface area contributed by atoms with Crippen LogP contribution in [0.25, 0.3) is 0 Å². The number of hydrogen-bond acceptors (Lipinski definition) is 3. The first-order valence-corrected chi connectivity index (χ1v) is 3.12. The van der Waals surface area contributed by atoms with Crippen LogP contribution in [0, 0.1) is 10.1 Å². The van der Waals surface area contributed by atoms with Gasteiger partial charge in [0.1, 0.15) is 5.56 Å². The third kappa shape index (κ3) is 1.39. The first-order chi connectivity index (χ1) is 5.63. The topological polar surface area (TPSA) is 84.0 Å². The van der Waals surface area contributed by atoms with Crippen molar-refractivity contribution < 1.29 is 9.72 Å². The summed E-state index contributed by atoms with van der Waals surface area (Å²) in [5, 5.41) is 10.3. The van der Waals surface area contributed by atoms with Crippen molar-refractivity contribution in [1.82, 2.24) is 5.73 Å². The van der Waals surface area contributed by atoms with E-state index in [4.69, 9.17) is 5.73 Å². The third-order valence-electron chi connectivity index (χ3n) is 1.35. The highest BCUT2D eigenvalue weighted by molar-refractivity contribution is 5.96. The van der Waals surface area contributed by atoms with E-state index in [1.165, 1.54) is 24.3 Å². The zero-order valence-corrected chi connectivity index (χ0v) is 5.98. The van der Waals surface area contributed by atoms with E-state index in [9.17, 15) is 14.9 Å². The summed E-state index contributed by atoms with van der Waals surface area (Å²) in [7, 11) is 0. The minimum atomic E-state index is -1.04. The van der Waals surface area contributed by atoms with Crippen molar-refractivity contribution in [2.75, 3.05) is 0 Å². The van der Waals surface area contributed by atoms with Crippen LogP contribution in [-0.4, -0.2) is 10.8 Å². The molecule has 0 saturated carbocycles. The SMILES string of the molecule is [NH]C(=O)c1ccccc1[N+](=O)[O-]. The molecule has 0 saturated heterocycles. The maximum Gasteiger partial charge on any atom is 0.282 e. The van der Waals surface area contributed by atoms with E-state index >= 15 is 0 Å². The zero-order valence-electron chi connectivity index (χ0n) is 5.98. The largest absolute Gasteiger partial charge is 0.282 e. The van der Waals surface area contributed by atoms with Gasteiger partial charge in [-0.15, -0.1) is 0 Å². The number of benzene rings is 1. The zero-order chi connectivity index (χ0) is 9.14. The van der Waals surface area contributed by atoms with Crippen LogP contribution in [-0.2, 0) is 0 Å². The molecule has 0 spiro atoms. The Hall–Kier alpha value is -1.91. The molecule has 0 aliphatic rings. The van der Waals surface area contributed by atoms with E-state index in [1.807, 2.05) is 0 Å². The highest BCUT2D eigenvalue weighted by Crippen LogP contribution is 2.16. The normalized spacial score (nSPS) is 9.33. The van der Waals surface area contributed by atoms with Gasteiger partial charge >= 0.3 is 0 Å². The van der Waals surface area contributed by atoms with Gasteiger partial charge in [-0.2, -0.15) is 0 Å². The lowest BCUT2D eigenvalue weighted by molar-refractivity contribution is -0.385. The Morgan fingerprint density at radius 1 is 1.42 bits per heavy atom. The number of amides is 1. The van der Waals surface area contributed by atoms with E-state index < -0.39 is 10.8 Å². The number of carbonyl (C=O) groups is 1. The van der Waals surface area contributed by atoms with Crippen LogP contribution in [0.1, 0.15) is 10.4 Å². The van der Waals surface area contributed by atoms with Gasteiger partial charge in [-0.1, -0.05) is 12.1 Å². The molecule has 5 heteroatoms. The minimum Gasteiger partial charge on any atom is -0.267 e. The number of rotatable bonds is 2. The number of nitrogens with one attached hydrogen (secondary N) is 1. The summed E-state index contributed by atoms with van der Waals surface area (Å²) < 4.78 is 0. The molecular formula is C7H5N2O3. The maximum absolute atomic E-state index is 10.5. The van der Waals surface area contributed by atoms with Crippen molar-refractivity contribution in [1.29, 1.82) is 0 Å². The molecule has 1 amide bonds. The van der Waals surface area contributed by atoms with Gasteiger partial charge in [0.2, 0.25) is 0 Å². The molecule has 0 aliphatic heterocycles. The fourth-order valence-electron chi connectivity index (χ4n) is 0.825. The fourth-order valence-corrected chi connectivity index (χ4v) is 0.825. The first kappa shape index (κ1) is 8.19. The van der Waals surface area contributed by atoms with Gasteiger partial charge in [0.25, 0.3) is 11.6 Å². The molecule has 1 rings (SSSR count). The Balaban J connectivity index is 3.27. The molecule has 61 valence electrons. The summed E-state index contributed by atoms with van der Waals surface area (Å²) in [4.78, 5) is 20.2. The molecule has 1 radical (unpaired) electrons. The molecular weight excluding hydrogens is 160 g/mol. The van der Waals surface area contributed by atoms with Crippen molar-refractivity contribution in [3.63, 3.8) is 0 Å². The lowest BCUT2D eigenvalue weighted by Gasteiger charge is -1.95. The first-order valence-electron chi connectivity index (χ1n) is 3.12. The summed E-state index contributed by atoms with van der Waals surface area (Å²) in [6.07, 6.45) is 0. The number of nitro groups is 1. The van der Waals surface area contributed by atoms with Crippen molar-refractivity contribution in [3.8, 4) is 0 Å². The maximum atomic E-state index is 10.5. The van der Waals surface area contributed by atoms with Crippen molar-refractivity contribution in [2.45, 2.75) is 0 Å². The molecule has 0 unspecified atom stereocenters. The Labute approximate surface area is 68.0 Å². The average molecular weight is 165 g/mol. The van der Waals surface area contributed by atoms with Crippen LogP contribution in [0.2, 0.25) is 0 Å². The molecule has 1 aromatic carbocycles. The summed E-state index contributed by atoms with van der Waals surface area (Å²) in [5.41, 5.74) is 6.21. The number of carbonyl (C=O) groups excluding carboxylic acids is 1. The molecule has 12 heavy (non-hydrogen) atoms. The molecule has 0 heterocycles. The molecule has 1 N–H and O–H groups in total. The second kappa shape index (κ2) is 3.00. The van der Waals surface area contributed by atoms with Crippen molar-refractivity contribution in [2.24, 2.45) is 0 Å². The lowest BCUT2D eigenvalue weighted by atomic mass is 10.2. The van der Waals surface area contributed by atoms with Crippen LogP contribution in [0.5, 0.6) is 0 Å². The average Bonchev–Trinajstić information content (AvgIpc) is 2.04. The summed E-state index contributed by atoms with van der Waals surface area (Å²) >= 11 is 0. The quantitative estimate of drug-likeness (QED) is 0.484. The molecule has 5 nitrogen and oxygen atoms in total. The van der Waals surface area contributed by atoms with Gasteiger partial charge in [0.05, 0.1) is 4.92 Å². The van der Waals surface area contributed by atoms with E-state index in [2.05, 4.69) is 0 Å². The van der Waals surface area contributed by atoms with Crippen LogP contribution in [0.3, 0.4) is 0 Å². The second-order valence-corrected chi connectivity index (χ2v) is 2.10. The summed E-state index contributed by atoms with van der Waals surface area (Å²) in [5.74, 6) is -1.04. The summed E-state index contributed by atoms with van der Waals surface area (Å²) in [6, 6.07) is 5.38. The number of para-hydroxylation sites is 1. The molecule has 1 aromatic rings. The fraction of sp³-hybridized carbons (Fsp3) is 0. The lowest BCUT2D eigenvalue weighted by Crippen LogP contribution is -2.03. The van der Waals surface area contributed by atoms with E-state index in [1.54, 1.807) is 0 Å². The molecule has 0 bridgehead atoms. The highest BCUT2D eigenvalue weighted by Gasteiger charge is 2.16. The van der Waals surface area contributed by atoms with E-state index in [0.717, 1.165) is 0 Å². The van der Waals surface area contributed by atoms with Gasteiger partial charge in [-0.25, -0.2) is 0 Å². The minimum absolute atomic E-state index is 0.178. The Kier molecular flexibility index (Phi) is 2.05. The van der Waals surface area contributed by atoms with Gasteiger partial charge < -0.3 is 0 Å². The number of nitro benzene ring substituents is 1. The third-order valence-corrected chi connectivity index (χ3v) is 1.35. The van der Waals surface area contributed by atoms with E-state index in [0.29, 0.717) is 0 Å². The highest BCUT2D eigenvalue weighted by atomic mass is 16.6. The standard InChI is InChI=1S/C7H5N2O3/c8-7(10)5-3-1-2-4-6(5)9(11)12/h1-4,8H. The van der Waals surface area contributed by atoms with E-state index in [-0.39, 0.29) is 11.3 Å². The number of nitrogens with zero attached hydrogens (tertiary/aromatic N) is 1. The predicted octanol–water partition coefficient (Wildman–Crippen LogP) is 1.02. The van der Waals surface area contributed by atoms with Crippen molar-refractivity contribution >= 4 is 11.6 Å². The molecule has 0 fully saturated rings. The van der Waals surface area contributed by atoms with Gasteiger partial charge in [0.15, 0.2) is 0 Å². The molecule has 0 atom stereocenters. The summed E-state index contributed by atoms with van der Waals surface area (Å²) in [6.45, 7) is 0.